The van der Waals surface area contributed by atoms with Crippen LogP contribution in [0.5, 0.6) is 0 Å². The van der Waals surface area contributed by atoms with E-state index in [0.717, 1.165) is 22.2 Å². The van der Waals surface area contributed by atoms with Crippen molar-refractivity contribution in [1.29, 1.82) is 0 Å². The van der Waals surface area contributed by atoms with Gasteiger partial charge < -0.3 is 60.7 Å². The molecule has 0 saturated carbocycles. The Morgan fingerprint density at radius 3 is 1.44 bits per heavy atom. The third kappa shape index (κ3) is 26.5. The maximum absolute atomic E-state index is 15.5. The molecule has 0 unspecified atom stereocenters. The van der Waals surface area contributed by atoms with Gasteiger partial charge in [0.15, 0.2) is 0 Å². The smallest absolute Gasteiger partial charge is 0.303 e. The number of benzene rings is 1. The molecular weight excluding hydrogens is 1250 g/mol. The Balaban J connectivity index is 3.75. The topological polar surface area (TPSA) is 299 Å². The molecule has 25 heteroatoms. The zero-order valence-corrected chi connectivity index (χ0v) is 63.3. The molecule has 544 valence electrons. The third-order valence-corrected chi connectivity index (χ3v) is 18.3. The van der Waals surface area contributed by atoms with Crippen molar-refractivity contribution in [3.8, 4) is 0 Å². The summed E-state index contributed by atoms with van der Waals surface area (Å²) >= 11 is 1.11. The summed E-state index contributed by atoms with van der Waals surface area (Å²) < 4.78 is 5.95. The molecule has 0 aliphatic heterocycles. The molecule has 0 aromatic heterocycles. The molecule has 1 aromatic carbocycles. The van der Waals surface area contributed by atoms with E-state index in [1.165, 1.54) is 99.5 Å². The molecule has 1 rings (SSSR count). The lowest BCUT2D eigenvalue weighted by Crippen LogP contribution is -2.64. The van der Waals surface area contributed by atoms with Crippen LogP contribution in [0.4, 0.5) is 0 Å². The van der Waals surface area contributed by atoms with Crippen molar-refractivity contribution >= 4 is 81.9 Å². The normalized spacial score (nSPS) is 15.5. The van der Waals surface area contributed by atoms with Crippen molar-refractivity contribution in [3.63, 3.8) is 0 Å². The summed E-state index contributed by atoms with van der Waals surface area (Å²) in [7, 11) is 10.1. The number of likely N-dealkylation sites (N-methyl/N-ethyl adjacent to an activating group) is 7. The van der Waals surface area contributed by atoms with Gasteiger partial charge in [-0.15, -0.1) is 0 Å². The predicted octanol–water partition coefficient (Wildman–Crippen LogP) is 6.13. The van der Waals surface area contributed by atoms with Crippen LogP contribution >= 0.6 is 11.8 Å². The molecule has 24 nitrogen and oxygen atoms in total. The number of hydrogen-bond acceptors (Lipinski definition) is 15. The Labute approximate surface area is 578 Å². The van der Waals surface area contributed by atoms with Gasteiger partial charge in [-0.05, 0) is 106 Å². The van der Waals surface area contributed by atoms with Crippen molar-refractivity contribution in [1.82, 2.24) is 50.2 Å². The molecule has 12 atom stereocenters. The van der Waals surface area contributed by atoms with E-state index in [4.69, 9.17) is 10.5 Å². The number of carbonyl (C=O) groups is 12. The SMILES string of the molecule is C/C=C/C[C@@H](C)[C@@H](OC(C)=O)[C@@H](C(=O)N[C@@H](CC)C(=O)N(C)CC(=O)N(C)[C@@H](CC(C)C)C(=O)SCc1ccccc1)N(C)C(=O)[C@H](C(C)C)N(C)C(=O)[C@H](CC(C)C)N(C)C(=O)[C@H](CC(C)C)N(C)C(=O)[C@@H](C)NC(=O)[C@H](C)NC(=O)[C@H](CC(C)C)N(C)C(=O)[C@@H](N)C(C)C. The van der Waals surface area contributed by atoms with E-state index in [-0.39, 0.29) is 60.4 Å². The van der Waals surface area contributed by atoms with Gasteiger partial charge in [-0.2, -0.15) is 0 Å². The van der Waals surface area contributed by atoms with Gasteiger partial charge in [-0.3, -0.25) is 57.5 Å². The third-order valence-electron chi connectivity index (χ3n) is 17.3. The molecule has 10 amide bonds. The molecule has 0 radical (unpaired) electrons. The number of hydrogen-bond donors (Lipinski definition) is 4. The lowest BCUT2D eigenvalue weighted by atomic mass is 9.91. The fourth-order valence-corrected chi connectivity index (χ4v) is 12.3. The van der Waals surface area contributed by atoms with Crippen LogP contribution in [0.1, 0.15) is 169 Å². The number of esters is 1. The van der Waals surface area contributed by atoms with Crippen LogP contribution in [0.3, 0.4) is 0 Å². The highest BCUT2D eigenvalue weighted by atomic mass is 32.2. The standard InChI is InChI=1S/C71H121N11O13S/c1-26-28-32-47(15)61(95-50(18)83)60(64(87)75-52(27-2)66(89)76(19)39-57(84)77(20)56(38-44(9)10)71(94)96-40-51-33-30-29-31-34-51)82(25)70(93)59(46(13)14)81(24)68(91)55(37-43(7)8)80(23)67(90)54(36-42(5)6)79(22)65(88)49(17)74-62(85)48(16)73-63(86)53(35-41(3)4)78(21)69(92)58(72)45(11)12/h26,28-31,33-34,41-49,52-56,58-61H,27,32,35-40,72H2,1-25H3,(H,73,86)(H,74,85)(H,75,87)/b28-26+/t47-,48+,49-,52+,53+,54+,55+,56+,58+,59+,60+,61-/m1/s1. The van der Waals surface area contributed by atoms with Crippen molar-refractivity contribution < 1.29 is 62.3 Å². The van der Waals surface area contributed by atoms with Crippen LogP contribution in [-0.4, -0.2) is 227 Å². The lowest BCUT2D eigenvalue weighted by molar-refractivity contribution is -0.164. The summed E-state index contributed by atoms with van der Waals surface area (Å²) in [6.45, 7) is 31.1. The van der Waals surface area contributed by atoms with E-state index >= 15 is 19.2 Å². The van der Waals surface area contributed by atoms with E-state index < -0.39 is 150 Å². The van der Waals surface area contributed by atoms with E-state index in [1.807, 2.05) is 91.8 Å². The Bertz CT molecular complexity index is 2780. The van der Waals surface area contributed by atoms with Crippen molar-refractivity contribution in [3.05, 3.63) is 48.0 Å². The molecule has 0 aliphatic rings. The Kier molecular flexibility index (Phi) is 37.6. The average Bonchev–Trinajstić information content (AvgIpc) is 0.812. The first-order valence-corrected chi connectivity index (χ1v) is 35.0. The van der Waals surface area contributed by atoms with Gasteiger partial charge >= 0.3 is 5.97 Å². The second kappa shape index (κ2) is 41.4. The first-order chi connectivity index (χ1) is 44.5. The number of amides is 10. The van der Waals surface area contributed by atoms with E-state index in [9.17, 15) is 38.4 Å². The Morgan fingerprint density at radius 2 is 0.969 bits per heavy atom. The van der Waals surface area contributed by atoms with Crippen LogP contribution in [-0.2, 0) is 68.0 Å². The maximum Gasteiger partial charge on any atom is 0.303 e. The number of carbonyl (C=O) groups excluding carboxylic acids is 12. The van der Waals surface area contributed by atoms with E-state index in [2.05, 4.69) is 16.0 Å². The highest BCUT2D eigenvalue weighted by Gasteiger charge is 2.46. The Morgan fingerprint density at radius 1 is 0.510 bits per heavy atom. The molecule has 0 fully saturated rings. The van der Waals surface area contributed by atoms with Crippen LogP contribution in [0, 0.1) is 41.4 Å². The maximum atomic E-state index is 15.5. The fraction of sp³-hybridized carbons (Fsp3) is 0.718. The molecule has 96 heavy (non-hydrogen) atoms. The van der Waals surface area contributed by atoms with Crippen molar-refractivity contribution in [2.24, 2.45) is 47.2 Å². The minimum Gasteiger partial charge on any atom is -0.459 e. The van der Waals surface area contributed by atoms with Gasteiger partial charge in [0, 0.05) is 62.0 Å². The zero-order chi connectivity index (χ0) is 74.1. The monoisotopic (exact) mass is 1370 g/mol. The Hall–Kier alpha value is -6.89. The number of allylic oxidation sites excluding steroid dienone is 2. The van der Waals surface area contributed by atoms with Crippen molar-refractivity contribution in [2.75, 3.05) is 55.9 Å². The number of nitrogens with two attached hydrogens (primary N) is 1. The predicted molar refractivity (Wildman–Crippen MR) is 377 cm³/mol. The number of nitrogens with one attached hydrogen (secondary N) is 3. The van der Waals surface area contributed by atoms with Gasteiger partial charge in [-0.1, -0.05) is 151 Å². The first-order valence-electron chi connectivity index (χ1n) is 34.0. The molecule has 0 heterocycles. The number of nitrogens with zero attached hydrogens (tertiary/aromatic N) is 7. The number of rotatable bonds is 39. The van der Waals surface area contributed by atoms with Gasteiger partial charge in [0.1, 0.15) is 60.5 Å². The summed E-state index contributed by atoms with van der Waals surface area (Å²) in [4.78, 5) is 180. The molecule has 0 saturated heterocycles. The van der Waals surface area contributed by atoms with Crippen molar-refractivity contribution in [2.45, 2.75) is 235 Å². The summed E-state index contributed by atoms with van der Waals surface area (Å²) in [5.74, 6) is -8.39. The van der Waals surface area contributed by atoms with Gasteiger partial charge in [0.05, 0.1) is 12.6 Å². The second-order valence-electron chi connectivity index (χ2n) is 28.3. The van der Waals surface area contributed by atoms with Crippen LogP contribution in [0.25, 0.3) is 0 Å². The molecule has 0 aliphatic carbocycles. The summed E-state index contributed by atoms with van der Waals surface area (Å²) in [5, 5.41) is 7.97. The largest absolute Gasteiger partial charge is 0.459 e. The van der Waals surface area contributed by atoms with Gasteiger partial charge in [-0.25, -0.2) is 0 Å². The molecule has 0 bridgehead atoms. The molecule has 1 aromatic rings. The zero-order valence-electron chi connectivity index (χ0n) is 62.5. The minimum absolute atomic E-state index is 0.00475. The highest BCUT2D eigenvalue weighted by molar-refractivity contribution is 8.13. The van der Waals surface area contributed by atoms with Crippen LogP contribution in [0.15, 0.2) is 42.5 Å². The van der Waals surface area contributed by atoms with Gasteiger partial charge in [0.25, 0.3) is 0 Å². The lowest BCUT2D eigenvalue weighted by Gasteiger charge is -2.42. The average molecular weight is 1370 g/mol. The highest BCUT2D eigenvalue weighted by Crippen LogP contribution is 2.27. The molecular formula is C71H121N11O13S. The van der Waals surface area contributed by atoms with Crippen LogP contribution < -0.4 is 21.7 Å². The second-order valence-corrected chi connectivity index (χ2v) is 29.3. The quantitative estimate of drug-likeness (QED) is 0.0426. The minimum atomic E-state index is -1.60. The van der Waals surface area contributed by atoms with E-state index in [0.29, 0.717) is 18.6 Å². The molecule has 5 N–H and O–H groups in total. The number of thioether (sulfide) groups is 1. The van der Waals surface area contributed by atoms with E-state index in [1.54, 1.807) is 54.5 Å². The van der Waals surface area contributed by atoms with Crippen LogP contribution in [0.2, 0.25) is 0 Å². The molecule has 0 spiro atoms. The van der Waals surface area contributed by atoms with Gasteiger partial charge in [0.2, 0.25) is 64.2 Å². The summed E-state index contributed by atoms with van der Waals surface area (Å²) in [5.41, 5.74) is 7.11. The summed E-state index contributed by atoms with van der Waals surface area (Å²) in [6.07, 6.45) is 3.56. The fourth-order valence-electron chi connectivity index (χ4n) is 11.4. The number of ether oxygens (including phenoxy) is 1. The first kappa shape index (κ1) is 87.1. The summed E-state index contributed by atoms with van der Waals surface area (Å²) in [6, 6.07) is -1.97.